The first-order valence-electron chi connectivity index (χ1n) is 10.6. The predicted octanol–water partition coefficient (Wildman–Crippen LogP) is 4.17. The van der Waals surface area contributed by atoms with E-state index in [1.165, 1.54) is 10.9 Å². The number of H-pyrrole nitrogens is 1. The van der Waals surface area contributed by atoms with E-state index < -0.39 is 0 Å². The van der Waals surface area contributed by atoms with Crippen LogP contribution in [-0.4, -0.2) is 24.1 Å². The minimum Gasteiger partial charge on any atom is -0.439 e. The average Bonchev–Trinajstić information content (AvgIpc) is 3.29. The van der Waals surface area contributed by atoms with Gasteiger partial charge in [0.15, 0.2) is 11.2 Å². The first kappa shape index (κ1) is 22.1. The monoisotopic (exact) mass is 483 g/mol. The third-order valence-electron chi connectivity index (χ3n) is 5.20. The third-order valence-corrected chi connectivity index (χ3v) is 5.45. The van der Waals surface area contributed by atoms with E-state index in [0.29, 0.717) is 45.7 Å². The Morgan fingerprint density at radius 2 is 1.86 bits per heavy atom. The SMILES string of the molecule is N#CCn1cnc2c1c(=O)[nH]/c(=N\c1ccc(Oc3ccccn3)cc1)n2Cc1ccc(Cl)cc1. The number of fused-ring (bicyclic) bond motifs is 1. The molecule has 3 aromatic heterocycles. The summed E-state index contributed by atoms with van der Waals surface area (Å²) in [4.78, 5) is 29.0. The van der Waals surface area contributed by atoms with E-state index in [1.807, 2.05) is 30.3 Å². The highest BCUT2D eigenvalue weighted by atomic mass is 35.5. The van der Waals surface area contributed by atoms with Gasteiger partial charge in [0, 0.05) is 17.3 Å². The topological polar surface area (TPSA) is 114 Å². The van der Waals surface area contributed by atoms with E-state index in [-0.39, 0.29) is 12.1 Å². The smallest absolute Gasteiger partial charge is 0.278 e. The minimum absolute atomic E-state index is 0.00868. The van der Waals surface area contributed by atoms with Gasteiger partial charge >= 0.3 is 0 Å². The Hall–Kier alpha value is -4.68. The fraction of sp³-hybridized carbons (Fsp3) is 0.0800. The lowest BCUT2D eigenvalue weighted by Gasteiger charge is -2.10. The van der Waals surface area contributed by atoms with Crippen molar-refractivity contribution < 1.29 is 4.74 Å². The van der Waals surface area contributed by atoms with Gasteiger partial charge in [-0.05, 0) is 48.0 Å². The Morgan fingerprint density at radius 3 is 2.57 bits per heavy atom. The molecule has 0 amide bonds. The number of halogens is 1. The minimum atomic E-state index is -0.381. The molecule has 0 aliphatic rings. The van der Waals surface area contributed by atoms with Gasteiger partial charge in [-0.25, -0.2) is 15.0 Å². The number of hydrogen-bond acceptors (Lipinski definition) is 6. The summed E-state index contributed by atoms with van der Waals surface area (Å²) in [6, 6.07) is 22.0. The molecule has 0 saturated heterocycles. The fourth-order valence-corrected chi connectivity index (χ4v) is 3.70. The summed E-state index contributed by atoms with van der Waals surface area (Å²) in [7, 11) is 0. The maximum Gasteiger partial charge on any atom is 0.278 e. The van der Waals surface area contributed by atoms with Crippen molar-refractivity contribution in [2.75, 3.05) is 0 Å². The Kier molecular flexibility index (Phi) is 6.11. The summed E-state index contributed by atoms with van der Waals surface area (Å²) in [6.45, 7) is 0.391. The summed E-state index contributed by atoms with van der Waals surface area (Å²) in [5.41, 5.74) is 2.21. The van der Waals surface area contributed by atoms with Crippen LogP contribution in [0.2, 0.25) is 5.02 Å². The molecule has 5 aromatic rings. The van der Waals surface area contributed by atoms with Crippen LogP contribution in [0.4, 0.5) is 5.69 Å². The van der Waals surface area contributed by atoms with Gasteiger partial charge < -0.3 is 9.30 Å². The van der Waals surface area contributed by atoms with Crippen molar-refractivity contribution in [2.45, 2.75) is 13.1 Å². The molecular formula is C25H18ClN7O2. The predicted molar refractivity (Wildman–Crippen MR) is 130 cm³/mol. The van der Waals surface area contributed by atoms with E-state index in [9.17, 15) is 4.79 Å². The molecule has 0 radical (unpaired) electrons. The first-order valence-corrected chi connectivity index (χ1v) is 11.0. The largest absolute Gasteiger partial charge is 0.439 e. The lowest BCUT2D eigenvalue weighted by molar-refractivity contribution is 0.463. The Balaban J connectivity index is 1.58. The summed E-state index contributed by atoms with van der Waals surface area (Å²) in [6.07, 6.45) is 3.14. The van der Waals surface area contributed by atoms with E-state index in [0.717, 1.165) is 5.56 Å². The molecule has 0 aliphatic carbocycles. The third kappa shape index (κ3) is 4.83. The number of nitriles is 1. The van der Waals surface area contributed by atoms with E-state index in [1.54, 1.807) is 53.2 Å². The van der Waals surface area contributed by atoms with Gasteiger partial charge in [0.2, 0.25) is 11.5 Å². The lowest BCUT2D eigenvalue weighted by atomic mass is 10.2. The standard InChI is InChI=1S/C25H18ClN7O2/c26-18-6-4-17(5-7-18)15-33-23-22(32(14-12-27)16-29-23)24(34)31-25(33)30-19-8-10-20(11-9-19)35-21-3-1-2-13-28-21/h1-11,13,16H,14-15H2,(H,30,31,34). The number of aromatic amines is 1. The zero-order chi connectivity index (χ0) is 24.2. The van der Waals surface area contributed by atoms with E-state index >= 15 is 0 Å². The average molecular weight is 484 g/mol. The molecule has 0 aliphatic heterocycles. The van der Waals surface area contributed by atoms with Gasteiger partial charge in [-0.15, -0.1) is 0 Å². The Labute approximate surface area is 204 Å². The van der Waals surface area contributed by atoms with Crippen LogP contribution in [0.15, 0.2) is 89.0 Å². The van der Waals surface area contributed by atoms with Crippen LogP contribution in [0.25, 0.3) is 11.2 Å². The van der Waals surface area contributed by atoms with E-state index in [4.69, 9.17) is 21.6 Å². The first-order chi connectivity index (χ1) is 17.1. The molecule has 1 N–H and O–H groups in total. The van der Waals surface area contributed by atoms with Crippen LogP contribution in [0.3, 0.4) is 0 Å². The molecule has 10 heteroatoms. The lowest BCUT2D eigenvalue weighted by Crippen LogP contribution is -2.32. The number of nitrogens with zero attached hydrogens (tertiary/aromatic N) is 6. The molecular weight excluding hydrogens is 466 g/mol. The van der Waals surface area contributed by atoms with Crippen molar-refractivity contribution in [3.8, 4) is 17.7 Å². The summed E-state index contributed by atoms with van der Waals surface area (Å²) in [5.74, 6) is 1.09. The molecule has 3 heterocycles. The number of imidazole rings is 1. The zero-order valence-electron chi connectivity index (χ0n) is 18.3. The highest BCUT2D eigenvalue weighted by Crippen LogP contribution is 2.22. The van der Waals surface area contributed by atoms with Gasteiger partial charge in [0.1, 0.15) is 12.3 Å². The molecule has 0 atom stereocenters. The molecule has 9 nitrogen and oxygen atoms in total. The van der Waals surface area contributed by atoms with Gasteiger partial charge in [0.25, 0.3) is 5.56 Å². The van der Waals surface area contributed by atoms with Crippen LogP contribution in [0.5, 0.6) is 11.6 Å². The number of ether oxygens (including phenoxy) is 1. The van der Waals surface area contributed by atoms with Crippen LogP contribution in [-0.2, 0) is 13.1 Å². The summed E-state index contributed by atoms with van der Waals surface area (Å²) < 4.78 is 9.04. The Bertz CT molecular complexity index is 1650. The normalized spacial score (nSPS) is 11.5. The van der Waals surface area contributed by atoms with Crippen molar-refractivity contribution >= 4 is 28.5 Å². The van der Waals surface area contributed by atoms with Crippen LogP contribution < -0.4 is 15.9 Å². The number of pyridine rings is 1. The second-order valence-corrected chi connectivity index (χ2v) is 8.01. The van der Waals surface area contributed by atoms with Crippen molar-refractivity contribution in [3.05, 3.63) is 106 Å². The summed E-state index contributed by atoms with van der Waals surface area (Å²) in [5, 5.41) is 9.75. The van der Waals surface area contributed by atoms with Crippen molar-refractivity contribution in [2.24, 2.45) is 4.99 Å². The molecule has 2 aromatic carbocycles. The highest BCUT2D eigenvalue weighted by Gasteiger charge is 2.13. The summed E-state index contributed by atoms with van der Waals surface area (Å²) >= 11 is 6.04. The van der Waals surface area contributed by atoms with Crippen molar-refractivity contribution in [1.29, 1.82) is 5.26 Å². The number of benzene rings is 2. The van der Waals surface area contributed by atoms with Crippen LogP contribution >= 0.6 is 11.6 Å². The number of aromatic nitrogens is 5. The molecule has 0 saturated carbocycles. The zero-order valence-corrected chi connectivity index (χ0v) is 19.1. The highest BCUT2D eigenvalue weighted by molar-refractivity contribution is 6.30. The maximum absolute atomic E-state index is 12.9. The molecule has 0 unspecified atom stereocenters. The number of nitrogens with one attached hydrogen (secondary N) is 1. The number of hydrogen-bond donors (Lipinski definition) is 1. The van der Waals surface area contributed by atoms with Crippen molar-refractivity contribution in [3.63, 3.8) is 0 Å². The second kappa shape index (κ2) is 9.67. The number of rotatable bonds is 6. The molecule has 5 rings (SSSR count). The van der Waals surface area contributed by atoms with Gasteiger partial charge in [-0.2, -0.15) is 5.26 Å². The van der Waals surface area contributed by atoms with Crippen LogP contribution in [0.1, 0.15) is 5.56 Å². The molecule has 172 valence electrons. The quantitative estimate of drug-likeness (QED) is 0.389. The second-order valence-electron chi connectivity index (χ2n) is 7.57. The molecule has 0 fully saturated rings. The molecule has 0 bridgehead atoms. The van der Waals surface area contributed by atoms with Crippen LogP contribution in [0, 0.1) is 11.3 Å². The van der Waals surface area contributed by atoms with Crippen molar-refractivity contribution in [1.82, 2.24) is 24.1 Å². The molecule has 0 spiro atoms. The van der Waals surface area contributed by atoms with E-state index in [2.05, 4.69) is 19.9 Å². The maximum atomic E-state index is 12.9. The fourth-order valence-electron chi connectivity index (χ4n) is 3.58. The van der Waals surface area contributed by atoms with Gasteiger partial charge in [0.05, 0.1) is 24.6 Å². The van der Waals surface area contributed by atoms with Gasteiger partial charge in [-0.1, -0.05) is 29.8 Å². The van der Waals surface area contributed by atoms with Gasteiger partial charge in [-0.3, -0.25) is 14.3 Å². The molecule has 35 heavy (non-hydrogen) atoms. The Morgan fingerprint density at radius 1 is 1.06 bits per heavy atom.